The Morgan fingerprint density at radius 2 is 1.77 bits per heavy atom. The van der Waals surface area contributed by atoms with Gasteiger partial charge in [-0.15, -0.1) is 0 Å². The monoisotopic (exact) mass is 366 g/mol. The molecule has 2 aromatic heterocycles. The molecule has 0 saturated carbocycles. The van der Waals surface area contributed by atoms with Crippen LogP contribution in [0.5, 0.6) is 0 Å². The van der Waals surface area contributed by atoms with Crippen LogP contribution in [0.15, 0.2) is 48.8 Å². The van der Waals surface area contributed by atoms with E-state index in [-0.39, 0.29) is 6.03 Å². The van der Waals surface area contributed by atoms with Gasteiger partial charge >= 0.3 is 6.03 Å². The number of nitrogens with one attached hydrogen (secondary N) is 2. The van der Waals surface area contributed by atoms with Crippen molar-refractivity contribution >= 4 is 28.2 Å². The van der Waals surface area contributed by atoms with E-state index in [9.17, 15) is 4.79 Å². The summed E-state index contributed by atoms with van der Waals surface area (Å²) in [6.07, 6.45) is 4.52. The molecule has 6 heteroatoms. The van der Waals surface area contributed by atoms with Crippen LogP contribution in [0, 0.1) is 12.8 Å². The topological polar surface area (TPSA) is 66.9 Å². The number of hydrogen-bond donors (Lipinski definition) is 2. The summed E-state index contributed by atoms with van der Waals surface area (Å²) in [7, 11) is 0. The molecule has 26 heavy (non-hydrogen) atoms. The van der Waals surface area contributed by atoms with Crippen LogP contribution < -0.4 is 10.6 Å². The molecule has 0 spiro atoms. The highest BCUT2D eigenvalue weighted by Crippen LogP contribution is 2.32. The molecule has 3 aromatic rings. The quantitative estimate of drug-likeness (QED) is 0.639. The number of rotatable bonds is 5. The van der Waals surface area contributed by atoms with Gasteiger partial charge in [0.25, 0.3) is 0 Å². The normalized spacial score (nSPS) is 10.8. The zero-order valence-electron chi connectivity index (χ0n) is 15.1. The lowest BCUT2D eigenvalue weighted by molar-refractivity contribution is 0.262. The SMILES string of the molecule is Cc1nc(NC(=O)Nc2ccc(CC(C)C)cc2)sc1-c1ccncc1. The van der Waals surface area contributed by atoms with Gasteiger partial charge in [-0.3, -0.25) is 10.3 Å². The maximum Gasteiger partial charge on any atom is 0.325 e. The van der Waals surface area contributed by atoms with E-state index in [2.05, 4.69) is 34.4 Å². The van der Waals surface area contributed by atoms with Crippen LogP contribution in [0.3, 0.4) is 0 Å². The molecule has 0 atom stereocenters. The van der Waals surface area contributed by atoms with Crippen LogP contribution in [0.1, 0.15) is 25.1 Å². The molecule has 0 saturated heterocycles. The number of pyridine rings is 1. The summed E-state index contributed by atoms with van der Waals surface area (Å²) in [5.41, 5.74) is 3.96. The zero-order valence-corrected chi connectivity index (χ0v) is 15.9. The molecule has 5 nitrogen and oxygen atoms in total. The van der Waals surface area contributed by atoms with Crippen LogP contribution in [0.2, 0.25) is 0 Å². The van der Waals surface area contributed by atoms with Crippen molar-refractivity contribution in [2.75, 3.05) is 10.6 Å². The van der Waals surface area contributed by atoms with Crippen LogP contribution in [-0.2, 0) is 6.42 Å². The van der Waals surface area contributed by atoms with Gasteiger partial charge in [0, 0.05) is 18.1 Å². The Bertz CT molecular complexity index is 873. The molecular formula is C20H22N4OS. The van der Waals surface area contributed by atoms with E-state index < -0.39 is 0 Å². The van der Waals surface area contributed by atoms with Crippen LogP contribution >= 0.6 is 11.3 Å². The molecule has 0 aliphatic rings. The van der Waals surface area contributed by atoms with Gasteiger partial charge in [0.15, 0.2) is 5.13 Å². The van der Waals surface area contributed by atoms with Gasteiger partial charge < -0.3 is 5.32 Å². The van der Waals surface area contributed by atoms with E-state index in [0.29, 0.717) is 11.0 Å². The Morgan fingerprint density at radius 1 is 1.08 bits per heavy atom. The van der Waals surface area contributed by atoms with E-state index in [0.717, 1.165) is 28.2 Å². The number of aromatic nitrogens is 2. The molecule has 3 rings (SSSR count). The Kier molecular flexibility index (Phi) is 5.63. The zero-order chi connectivity index (χ0) is 18.5. The maximum absolute atomic E-state index is 12.2. The Hall–Kier alpha value is -2.73. The Labute approximate surface area is 157 Å². The van der Waals surface area contributed by atoms with Crippen molar-refractivity contribution in [1.82, 2.24) is 9.97 Å². The van der Waals surface area contributed by atoms with Gasteiger partial charge in [-0.1, -0.05) is 37.3 Å². The average molecular weight is 366 g/mol. The molecule has 0 radical (unpaired) electrons. The minimum Gasteiger partial charge on any atom is -0.308 e. The van der Waals surface area contributed by atoms with E-state index in [1.54, 1.807) is 12.4 Å². The minimum absolute atomic E-state index is 0.295. The van der Waals surface area contributed by atoms with Crippen molar-refractivity contribution in [2.24, 2.45) is 5.92 Å². The number of benzene rings is 1. The minimum atomic E-state index is -0.295. The van der Waals surface area contributed by atoms with Crippen LogP contribution in [0.25, 0.3) is 10.4 Å². The summed E-state index contributed by atoms with van der Waals surface area (Å²) in [5, 5.41) is 6.23. The number of nitrogens with zero attached hydrogens (tertiary/aromatic N) is 2. The second-order valence-electron chi connectivity index (χ2n) is 6.54. The number of urea groups is 1. The highest BCUT2D eigenvalue weighted by atomic mass is 32.1. The second kappa shape index (κ2) is 8.10. The molecule has 2 N–H and O–H groups in total. The Morgan fingerprint density at radius 3 is 2.42 bits per heavy atom. The summed E-state index contributed by atoms with van der Waals surface area (Å²) in [4.78, 5) is 21.7. The van der Waals surface area contributed by atoms with Gasteiger partial charge in [0.05, 0.1) is 10.6 Å². The molecule has 0 unspecified atom stereocenters. The largest absolute Gasteiger partial charge is 0.325 e. The number of thiazole rings is 1. The molecule has 0 aliphatic heterocycles. The van der Waals surface area contributed by atoms with Crippen molar-refractivity contribution in [2.45, 2.75) is 27.2 Å². The average Bonchev–Trinajstić information content (AvgIpc) is 2.97. The van der Waals surface area contributed by atoms with Crippen LogP contribution in [-0.4, -0.2) is 16.0 Å². The molecule has 134 valence electrons. The summed E-state index contributed by atoms with van der Waals surface area (Å²) >= 11 is 1.45. The van der Waals surface area contributed by atoms with Gasteiger partial charge in [-0.05, 0) is 54.7 Å². The van der Waals surface area contributed by atoms with Gasteiger partial charge in [-0.25, -0.2) is 9.78 Å². The summed E-state index contributed by atoms with van der Waals surface area (Å²) in [6.45, 7) is 6.31. The van der Waals surface area contributed by atoms with Crippen molar-refractivity contribution in [3.63, 3.8) is 0 Å². The van der Waals surface area contributed by atoms with Gasteiger partial charge in [0.1, 0.15) is 0 Å². The van der Waals surface area contributed by atoms with E-state index in [4.69, 9.17) is 0 Å². The number of carbonyl (C=O) groups excluding carboxylic acids is 1. The third-order valence-electron chi connectivity index (χ3n) is 3.82. The third kappa shape index (κ3) is 4.67. The molecule has 0 fully saturated rings. The Balaban J connectivity index is 1.63. The summed E-state index contributed by atoms with van der Waals surface area (Å²) < 4.78 is 0. The molecule has 2 amide bonds. The number of hydrogen-bond acceptors (Lipinski definition) is 4. The number of aryl methyl sites for hydroxylation is 1. The van der Waals surface area contributed by atoms with Crippen molar-refractivity contribution in [3.05, 3.63) is 60.0 Å². The first-order valence-corrected chi connectivity index (χ1v) is 9.37. The fourth-order valence-electron chi connectivity index (χ4n) is 2.68. The predicted octanol–water partition coefficient (Wildman–Crippen LogP) is 5.36. The first kappa shape index (κ1) is 18.1. The third-order valence-corrected chi connectivity index (χ3v) is 4.94. The lowest BCUT2D eigenvalue weighted by atomic mass is 10.0. The number of carbonyl (C=O) groups is 1. The number of amides is 2. The molecule has 1 aromatic carbocycles. The lowest BCUT2D eigenvalue weighted by Gasteiger charge is -2.08. The maximum atomic E-state index is 12.2. The van der Waals surface area contributed by atoms with E-state index >= 15 is 0 Å². The van der Waals surface area contributed by atoms with Crippen LogP contribution in [0.4, 0.5) is 15.6 Å². The molecular weight excluding hydrogens is 344 g/mol. The molecule has 0 bridgehead atoms. The smallest absolute Gasteiger partial charge is 0.308 e. The lowest BCUT2D eigenvalue weighted by Crippen LogP contribution is -2.19. The van der Waals surface area contributed by atoms with Gasteiger partial charge in [0.2, 0.25) is 0 Å². The highest BCUT2D eigenvalue weighted by molar-refractivity contribution is 7.19. The van der Waals surface area contributed by atoms with E-state index in [1.165, 1.54) is 16.9 Å². The van der Waals surface area contributed by atoms with Gasteiger partial charge in [-0.2, -0.15) is 0 Å². The standard InChI is InChI=1S/C20H22N4OS/c1-13(2)12-15-4-6-17(7-5-15)23-19(25)24-20-22-14(3)18(26-20)16-8-10-21-11-9-16/h4-11,13H,12H2,1-3H3,(H2,22,23,24,25). The predicted molar refractivity (Wildman–Crippen MR) is 108 cm³/mol. The highest BCUT2D eigenvalue weighted by Gasteiger charge is 2.12. The molecule has 2 heterocycles. The molecule has 0 aliphatic carbocycles. The number of anilines is 2. The second-order valence-corrected chi connectivity index (χ2v) is 7.54. The fraction of sp³-hybridized carbons (Fsp3) is 0.250. The summed E-state index contributed by atoms with van der Waals surface area (Å²) in [5.74, 6) is 0.611. The first-order valence-electron chi connectivity index (χ1n) is 8.56. The first-order chi connectivity index (χ1) is 12.5. The van der Waals surface area contributed by atoms with Crippen molar-refractivity contribution in [3.8, 4) is 10.4 Å². The van der Waals surface area contributed by atoms with Crippen molar-refractivity contribution in [1.29, 1.82) is 0 Å². The van der Waals surface area contributed by atoms with Crippen molar-refractivity contribution < 1.29 is 4.79 Å². The fourth-order valence-corrected chi connectivity index (χ4v) is 3.64. The van der Waals surface area contributed by atoms with E-state index in [1.807, 2.05) is 43.3 Å². The summed E-state index contributed by atoms with van der Waals surface area (Å²) in [6, 6.07) is 11.5.